The van der Waals surface area contributed by atoms with Gasteiger partial charge in [-0.2, -0.15) is 12.6 Å². The van der Waals surface area contributed by atoms with Gasteiger partial charge in [-0.05, 0) is 12.2 Å². The third kappa shape index (κ3) is 4.80. The zero-order valence-electron chi connectivity index (χ0n) is 7.96. The van der Waals surface area contributed by atoms with Crippen LogP contribution in [0.2, 0.25) is 0 Å². The van der Waals surface area contributed by atoms with E-state index in [0.29, 0.717) is 12.2 Å². The second-order valence-corrected chi connectivity index (χ2v) is 3.30. The van der Waals surface area contributed by atoms with E-state index in [0.717, 1.165) is 0 Å². The number of rotatable bonds is 8. The van der Waals surface area contributed by atoms with Gasteiger partial charge in [0.2, 0.25) is 0 Å². The van der Waals surface area contributed by atoms with Crippen molar-refractivity contribution < 1.29 is 20.1 Å². The van der Waals surface area contributed by atoms with Gasteiger partial charge in [0.1, 0.15) is 6.04 Å². The van der Waals surface area contributed by atoms with Crippen molar-refractivity contribution >= 4 is 18.6 Å². The van der Waals surface area contributed by atoms with Crippen molar-refractivity contribution in [3.63, 3.8) is 0 Å². The molecule has 14 heavy (non-hydrogen) atoms. The maximum absolute atomic E-state index is 10.8. The van der Waals surface area contributed by atoms with E-state index in [9.17, 15) is 4.79 Å². The van der Waals surface area contributed by atoms with E-state index in [-0.39, 0.29) is 26.3 Å². The summed E-state index contributed by atoms with van der Waals surface area (Å²) in [6.45, 7) is 0.281. The van der Waals surface area contributed by atoms with Gasteiger partial charge in [0.05, 0.1) is 13.2 Å². The van der Waals surface area contributed by atoms with Crippen molar-refractivity contribution in [2.24, 2.45) is 0 Å². The van der Waals surface area contributed by atoms with Crippen LogP contribution in [0.15, 0.2) is 0 Å². The van der Waals surface area contributed by atoms with E-state index in [4.69, 9.17) is 15.3 Å². The lowest BCUT2D eigenvalue weighted by Gasteiger charge is -2.26. The normalized spacial score (nSPS) is 13.1. The molecule has 0 aromatic rings. The molecular weight excluding hydrogens is 206 g/mol. The fourth-order valence-electron chi connectivity index (χ4n) is 1.26. The summed E-state index contributed by atoms with van der Waals surface area (Å²) in [5.41, 5.74) is 0. The average Bonchev–Trinajstić information content (AvgIpc) is 2.13. The number of hydrogen-bond donors (Lipinski definition) is 4. The van der Waals surface area contributed by atoms with Gasteiger partial charge in [-0.1, -0.05) is 0 Å². The monoisotopic (exact) mass is 223 g/mol. The van der Waals surface area contributed by atoms with Crippen LogP contribution in [-0.4, -0.2) is 64.3 Å². The summed E-state index contributed by atoms with van der Waals surface area (Å²) in [6.07, 6.45) is 0.401. The van der Waals surface area contributed by atoms with Crippen LogP contribution in [0.1, 0.15) is 6.42 Å². The molecule has 5 nitrogen and oxygen atoms in total. The van der Waals surface area contributed by atoms with E-state index in [2.05, 4.69) is 12.6 Å². The maximum atomic E-state index is 10.8. The second kappa shape index (κ2) is 8.05. The predicted octanol–water partition coefficient (Wildman–Crippen LogP) is -0.954. The quantitative estimate of drug-likeness (QED) is 0.399. The number of aliphatic hydroxyl groups excluding tert-OH is 2. The molecule has 3 N–H and O–H groups in total. The lowest BCUT2D eigenvalue weighted by molar-refractivity contribution is -0.143. The highest BCUT2D eigenvalue weighted by Crippen LogP contribution is 2.05. The van der Waals surface area contributed by atoms with Crippen LogP contribution < -0.4 is 0 Å². The Balaban J connectivity index is 4.29. The van der Waals surface area contributed by atoms with E-state index in [1.165, 1.54) is 0 Å². The number of carboxylic acids is 1. The topological polar surface area (TPSA) is 81.0 Å². The SMILES string of the molecule is O=C(O)C(CCS)N(CCO)CCO. The molecule has 0 rings (SSSR count). The van der Waals surface area contributed by atoms with Crippen molar-refractivity contribution in [3.8, 4) is 0 Å². The molecule has 0 aliphatic carbocycles. The van der Waals surface area contributed by atoms with Crippen LogP contribution in [0.5, 0.6) is 0 Å². The van der Waals surface area contributed by atoms with Crippen molar-refractivity contribution in [3.05, 3.63) is 0 Å². The molecule has 0 radical (unpaired) electrons. The first-order valence-corrected chi connectivity index (χ1v) is 5.10. The standard InChI is InChI=1S/C8H17NO4S/c10-4-2-9(3-5-11)7(1-6-14)8(12)13/h7,10-11,14H,1-6H2,(H,12,13). The van der Waals surface area contributed by atoms with Gasteiger partial charge in [0.25, 0.3) is 0 Å². The Morgan fingerprint density at radius 3 is 2.07 bits per heavy atom. The molecule has 1 unspecified atom stereocenters. The van der Waals surface area contributed by atoms with Gasteiger partial charge < -0.3 is 15.3 Å². The number of aliphatic carboxylic acids is 1. The highest BCUT2D eigenvalue weighted by Gasteiger charge is 2.23. The minimum Gasteiger partial charge on any atom is -0.480 e. The second-order valence-electron chi connectivity index (χ2n) is 2.85. The maximum Gasteiger partial charge on any atom is 0.320 e. The molecule has 0 heterocycles. The first-order chi connectivity index (χ1) is 6.67. The molecule has 0 aliphatic rings. The average molecular weight is 223 g/mol. The Bertz CT molecular complexity index is 161. The van der Waals surface area contributed by atoms with E-state index in [1.54, 1.807) is 4.90 Å². The lowest BCUT2D eigenvalue weighted by atomic mass is 10.2. The largest absolute Gasteiger partial charge is 0.480 e. The Morgan fingerprint density at radius 2 is 1.79 bits per heavy atom. The number of nitrogens with zero attached hydrogens (tertiary/aromatic N) is 1. The van der Waals surface area contributed by atoms with Crippen molar-refractivity contribution in [2.45, 2.75) is 12.5 Å². The van der Waals surface area contributed by atoms with Gasteiger partial charge in [0.15, 0.2) is 0 Å². The zero-order chi connectivity index (χ0) is 11.0. The first kappa shape index (κ1) is 13.7. The van der Waals surface area contributed by atoms with Crippen LogP contribution in [0, 0.1) is 0 Å². The fraction of sp³-hybridized carbons (Fsp3) is 0.875. The molecule has 0 saturated heterocycles. The van der Waals surface area contributed by atoms with Crippen LogP contribution in [0.25, 0.3) is 0 Å². The van der Waals surface area contributed by atoms with E-state index < -0.39 is 12.0 Å². The Kier molecular flexibility index (Phi) is 7.87. The Labute approximate surface area is 88.8 Å². The summed E-state index contributed by atoms with van der Waals surface area (Å²) >= 11 is 3.97. The van der Waals surface area contributed by atoms with Crippen molar-refractivity contribution in [2.75, 3.05) is 32.1 Å². The zero-order valence-corrected chi connectivity index (χ0v) is 8.86. The van der Waals surface area contributed by atoms with Crippen LogP contribution in [0.3, 0.4) is 0 Å². The third-order valence-corrected chi connectivity index (χ3v) is 2.16. The number of aliphatic hydroxyl groups is 2. The summed E-state index contributed by atoms with van der Waals surface area (Å²) in [6, 6.07) is -0.674. The molecule has 1 atom stereocenters. The highest BCUT2D eigenvalue weighted by atomic mass is 32.1. The number of carboxylic acid groups (broad SMARTS) is 1. The molecule has 0 bridgehead atoms. The molecule has 0 amide bonds. The minimum atomic E-state index is -0.944. The van der Waals surface area contributed by atoms with Crippen molar-refractivity contribution in [1.82, 2.24) is 4.90 Å². The number of carbonyl (C=O) groups is 1. The molecule has 0 fully saturated rings. The number of hydrogen-bond acceptors (Lipinski definition) is 5. The molecule has 0 saturated carbocycles. The van der Waals surface area contributed by atoms with Crippen molar-refractivity contribution in [1.29, 1.82) is 0 Å². The van der Waals surface area contributed by atoms with Crippen LogP contribution in [-0.2, 0) is 4.79 Å². The first-order valence-electron chi connectivity index (χ1n) is 4.46. The summed E-state index contributed by atoms with van der Waals surface area (Å²) in [4.78, 5) is 12.4. The predicted molar refractivity (Wildman–Crippen MR) is 55.6 cm³/mol. The molecular formula is C8H17NO4S. The minimum absolute atomic E-state index is 0.115. The smallest absolute Gasteiger partial charge is 0.320 e. The molecule has 0 aromatic heterocycles. The highest BCUT2D eigenvalue weighted by molar-refractivity contribution is 7.80. The van der Waals surface area contributed by atoms with Crippen LogP contribution >= 0.6 is 12.6 Å². The van der Waals surface area contributed by atoms with E-state index >= 15 is 0 Å². The Morgan fingerprint density at radius 1 is 1.29 bits per heavy atom. The summed E-state index contributed by atoms with van der Waals surface area (Å²) in [5, 5.41) is 26.3. The van der Waals surface area contributed by atoms with E-state index in [1.807, 2.05) is 0 Å². The lowest BCUT2D eigenvalue weighted by Crippen LogP contribution is -2.44. The number of thiol groups is 1. The van der Waals surface area contributed by atoms with Gasteiger partial charge >= 0.3 is 5.97 Å². The molecule has 0 aromatic carbocycles. The van der Waals surface area contributed by atoms with Crippen LogP contribution in [0.4, 0.5) is 0 Å². The van der Waals surface area contributed by atoms with Gasteiger partial charge in [-0.25, -0.2) is 0 Å². The molecule has 84 valence electrons. The van der Waals surface area contributed by atoms with Gasteiger partial charge in [-0.3, -0.25) is 9.69 Å². The van der Waals surface area contributed by atoms with Gasteiger partial charge in [-0.15, -0.1) is 0 Å². The van der Waals surface area contributed by atoms with Gasteiger partial charge in [0, 0.05) is 13.1 Å². The molecule has 0 aliphatic heterocycles. The summed E-state index contributed by atoms with van der Waals surface area (Å²) in [5.74, 6) is -0.481. The molecule has 0 spiro atoms. The fourth-order valence-corrected chi connectivity index (χ4v) is 1.51. The molecule has 6 heteroatoms. The third-order valence-electron chi connectivity index (χ3n) is 1.90. The summed E-state index contributed by atoms with van der Waals surface area (Å²) < 4.78 is 0. The summed E-state index contributed by atoms with van der Waals surface area (Å²) in [7, 11) is 0. The Hall–Kier alpha value is -0.300.